The fourth-order valence-corrected chi connectivity index (χ4v) is 2.75. The second kappa shape index (κ2) is 9.12. The van der Waals surface area contributed by atoms with Gasteiger partial charge in [0.2, 0.25) is 0 Å². The number of hydrogen-bond donors (Lipinski definition) is 2. The SMILES string of the molecule is Cc1cccc(Oc2ccc(NC(=O)COc3ccc(Cl)cc3C(N)=O)cc2)c1. The smallest absolute Gasteiger partial charge is 0.262 e. The molecule has 3 aromatic carbocycles. The van der Waals surface area contributed by atoms with Crippen molar-refractivity contribution in [3.8, 4) is 17.2 Å². The maximum absolute atomic E-state index is 12.1. The van der Waals surface area contributed by atoms with Crippen molar-refractivity contribution >= 4 is 29.1 Å². The van der Waals surface area contributed by atoms with Gasteiger partial charge in [0, 0.05) is 10.7 Å². The number of aryl methyl sites for hydroxylation is 1. The number of amides is 2. The molecule has 3 N–H and O–H groups in total. The lowest BCUT2D eigenvalue weighted by Crippen LogP contribution is -2.21. The summed E-state index contributed by atoms with van der Waals surface area (Å²) < 4.78 is 11.2. The van der Waals surface area contributed by atoms with Crippen LogP contribution in [0.2, 0.25) is 5.02 Å². The van der Waals surface area contributed by atoms with E-state index in [1.54, 1.807) is 30.3 Å². The molecule has 0 atom stereocenters. The van der Waals surface area contributed by atoms with Gasteiger partial charge in [-0.05, 0) is 67.1 Å². The average molecular weight is 411 g/mol. The van der Waals surface area contributed by atoms with Crippen LogP contribution in [0.1, 0.15) is 15.9 Å². The highest BCUT2D eigenvalue weighted by Crippen LogP contribution is 2.24. The molecule has 3 aromatic rings. The number of primary amides is 1. The van der Waals surface area contributed by atoms with Gasteiger partial charge in [-0.2, -0.15) is 0 Å². The molecule has 0 aliphatic rings. The van der Waals surface area contributed by atoms with Crippen LogP contribution in [-0.4, -0.2) is 18.4 Å². The number of halogens is 1. The van der Waals surface area contributed by atoms with Crippen molar-refractivity contribution in [3.05, 3.63) is 82.9 Å². The molecule has 0 radical (unpaired) electrons. The number of hydrogen-bond acceptors (Lipinski definition) is 4. The average Bonchev–Trinajstić information content (AvgIpc) is 2.68. The normalized spacial score (nSPS) is 10.3. The summed E-state index contributed by atoms with van der Waals surface area (Å²) in [5.41, 5.74) is 7.10. The monoisotopic (exact) mass is 410 g/mol. The highest BCUT2D eigenvalue weighted by Gasteiger charge is 2.12. The Kier molecular flexibility index (Phi) is 6.36. The van der Waals surface area contributed by atoms with Gasteiger partial charge >= 0.3 is 0 Å². The summed E-state index contributed by atoms with van der Waals surface area (Å²) in [5, 5.41) is 3.06. The zero-order valence-electron chi connectivity index (χ0n) is 15.6. The molecule has 0 aliphatic carbocycles. The lowest BCUT2D eigenvalue weighted by Gasteiger charge is -2.11. The van der Waals surface area contributed by atoms with E-state index in [1.807, 2.05) is 31.2 Å². The zero-order valence-corrected chi connectivity index (χ0v) is 16.4. The van der Waals surface area contributed by atoms with Crippen molar-refractivity contribution in [2.45, 2.75) is 6.92 Å². The Morgan fingerprint density at radius 1 is 1.00 bits per heavy atom. The zero-order chi connectivity index (χ0) is 20.8. The summed E-state index contributed by atoms with van der Waals surface area (Å²) in [6, 6.07) is 19.1. The minimum Gasteiger partial charge on any atom is -0.483 e. The van der Waals surface area contributed by atoms with Crippen molar-refractivity contribution < 1.29 is 19.1 Å². The molecule has 29 heavy (non-hydrogen) atoms. The van der Waals surface area contributed by atoms with Gasteiger partial charge in [-0.3, -0.25) is 9.59 Å². The molecule has 0 saturated carbocycles. The van der Waals surface area contributed by atoms with Gasteiger partial charge in [0.05, 0.1) is 5.56 Å². The van der Waals surface area contributed by atoms with E-state index in [2.05, 4.69) is 5.32 Å². The Morgan fingerprint density at radius 2 is 1.76 bits per heavy atom. The number of benzene rings is 3. The molecular formula is C22H19ClN2O4. The van der Waals surface area contributed by atoms with Crippen LogP contribution in [0.3, 0.4) is 0 Å². The van der Waals surface area contributed by atoms with E-state index in [0.29, 0.717) is 16.5 Å². The Hall–Kier alpha value is -3.51. The fraction of sp³-hybridized carbons (Fsp3) is 0.0909. The number of carbonyl (C=O) groups excluding carboxylic acids is 2. The van der Waals surface area contributed by atoms with E-state index in [4.69, 9.17) is 26.8 Å². The van der Waals surface area contributed by atoms with Crippen molar-refractivity contribution in [3.63, 3.8) is 0 Å². The van der Waals surface area contributed by atoms with Gasteiger partial charge in [-0.15, -0.1) is 0 Å². The van der Waals surface area contributed by atoms with Gasteiger partial charge in [-0.25, -0.2) is 0 Å². The predicted octanol–water partition coefficient (Wildman–Crippen LogP) is 4.56. The topological polar surface area (TPSA) is 90.7 Å². The minimum atomic E-state index is -0.688. The number of carbonyl (C=O) groups is 2. The van der Waals surface area contributed by atoms with Crippen molar-refractivity contribution in [1.82, 2.24) is 0 Å². The van der Waals surface area contributed by atoms with Crippen LogP contribution in [0.4, 0.5) is 5.69 Å². The Bertz CT molecular complexity index is 1040. The highest BCUT2D eigenvalue weighted by atomic mass is 35.5. The molecule has 0 heterocycles. The van der Waals surface area contributed by atoms with Crippen molar-refractivity contribution in [2.24, 2.45) is 5.73 Å². The second-order valence-corrected chi connectivity index (χ2v) is 6.72. The van der Waals surface area contributed by atoms with Gasteiger partial charge in [-0.1, -0.05) is 23.7 Å². The van der Waals surface area contributed by atoms with Crippen LogP contribution < -0.4 is 20.5 Å². The van der Waals surface area contributed by atoms with Gasteiger partial charge in [0.1, 0.15) is 17.2 Å². The van der Waals surface area contributed by atoms with E-state index in [9.17, 15) is 9.59 Å². The van der Waals surface area contributed by atoms with E-state index in [0.717, 1.165) is 11.3 Å². The molecule has 3 rings (SSSR count). The number of nitrogens with one attached hydrogen (secondary N) is 1. The van der Waals surface area contributed by atoms with Crippen LogP contribution in [-0.2, 0) is 4.79 Å². The summed E-state index contributed by atoms with van der Waals surface area (Å²) in [4.78, 5) is 23.6. The van der Waals surface area contributed by atoms with E-state index in [1.165, 1.54) is 12.1 Å². The maximum Gasteiger partial charge on any atom is 0.262 e. The lowest BCUT2D eigenvalue weighted by atomic mass is 10.2. The van der Waals surface area contributed by atoms with E-state index < -0.39 is 5.91 Å². The second-order valence-electron chi connectivity index (χ2n) is 6.28. The molecule has 0 aromatic heterocycles. The number of ether oxygens (including phenoxy) is 2. The first kappa shape index (κ1) is 20.2. The summed E-state index contributed by atoms with van der Waals surface area (Å²) in [6.45, 7) is 1.70. The third kappa shape index (κ3) is 5.73. The van der Waals surface area contributed by atoms with Crippen molar-refractivity contribution in [2.75, 3.05) is 11.9 Å². The molecule has 0 aliphatic heterocycles. The Balaban J connectivity index is 1.56. The standard InChI is InChI=1S/C22H19ClN2O4/c1-14-3-2-4-18(11-14)29-17-8-6-16(7-9-17)25-21(26)13-28-20-10-5-15(23)12-19(20)22(24)27/h2-12H,13H2,1H3,(H2,24,27)(H,25,26). The molecule has 0 bridgehead atoms. The largest absolute Gasteiger partial charge is 0.483 e. The molecule has 7 heteroatoms. The Morgan fingerprint density at radius 3 is 2.45 bits per heavy atom. The third-order valence-electron chi connectivity index (χ3n) is 3.93. The lowest BCUT2D eigenvalue weighted by molar-refractivity contribution is -0.118. The summed E-state index contributed by atoms with van der Waals surface area (Å²) >= 11 is 5.85. The summed E-state index contributed by atoms with van der Waals surface area (Å²) in [7, 11) is 0. The molecule has 0 spiro atoms. The first-order chi connectivity index (χ1) is 13.9. The summed E-state index contributed by atoms with van der Waals surface area (Å²) in [5.74, 6) is 0.509. The van der Waals surface area contributed by atoms with Gasteiger partial charge in [0.25, 0.3) is 11.8 Å². The van der Waals surface area contributed by atoms with Crippen LogP contribution in [0.5, 0.6) is 17.2 Å². The fourth-order valence-electron chi connectivity index (χ4n) is 2.58. The predicted molar refractivity (Wildman–Crippen MR) is 112 cm³/mol. The first-order valence-electron chi connectivity index (χ1n) is 8.77. The van der Waals surface area contributed by atoms with Gasteiger partial charge < -0.3 is 20.5 Å². The quantitative estimate of drug-likeness (QED) is 0.597. The number of rotatable bonds is 7. The van der Waals surface area contributed by atoms with Crippen LogP contribution in [0.25, 0.3) is 0 Å². The molecule has 0 saturated heterocycles. The number of anilines is 1. The molecule has 6 nitrogen and oxygen atoms in total. The first-order valence-corrected chi connectivity index (χ1v) is 9.15. The molecule has 148 valence electrons. The molecule has 0 unspecified atom stereocenters. The molecular weight excluding hydrogens is 392 g/mol. The van der Waals surface area contributed by atoms with Crippen molar-refractivity contribution in [1.29, 1.82) is 0 Å². The van der Waals surface area contributed by atoms with E-state index in [-0.39, 0.29) is 23.8 Å². The highest BCUT2D eigenvalue weighted by molar-refractivity contribution is 6.31. The third-order valence-corrected chi connectivity index (χ3v) is 4.16. The maximum atomic E-state index is 12.1. The number of nitrogens with two attached hydrogens (primary N) is 1. The Labute approximate surface area is 173 Å². The molecule has 2 amide bonds. The van der Waals surface area contributed by atoms with Crippen LogP contribution >= 0.6 is 11.6 Å². The van der Waals surface area contributed by atoms with Crippen LogP contribution in [0, 0.1) is 6.92 Å². The van der Waals surface area contributed by atoms with E-state index >= 15 is 0 Å². The van der Waals surface area contributed by atoms with Crippen LogP contribution in [0.15, 0.2) is 66.7 Å². The van der Waals surface area contributed by atoms with Gasteiger partial charge in [0.15, 0.2) is 6.61 Å². The summed E-state index contributed by atoms with van der Waals surface area (Å²) in [6.07, 6.45) is 0. The minimum absolute atomic E-state index is 0.114. The molecule has 0 fully saturated rings.